The first-order valence-electron chi connectivity index (χ1n) is 9.24. The summed E-state index contributed by atoms with van der Waals surface area (Å²) < 4.78 is 82.9. The molecule has 0 fully saturated rings. The van der Waals surface area contributed by atoms with E-state index in [9.17, 15) is 40.7 Å². The number of benzene rings is 2. The van der Waals surface area contributed by atoms with Gasteiger partial charge in [-0.2, -0.15) is 26.3 Å². The summed E-state index contributed by atoms with van der Waals surface area (Å²) in [5.41, 5.74) is -5.05. The third-order valence-electron chi connectivity index (χ3n) is 4.48. The van der Waals surface area contributed by atoms with Crippen molar-refractivity contribution in [2.45, 2.75) is 19.3 Å². The summed E-state index contributed by atoms with van der Waals surface area (Å²) in [5.74, 6) is -2.15. The molecule has 1 amide bonds. The zero-order chi connectivity index (χ0) is 24.6. The summed E-state index contributed by atoms with van der Waals surface area (Å²) in [6.07, 6.45) is -9.09. The van der Waals surface area contributed by atoms with E-state index in [0.717, 1.165) is 12.3 Å². The number of pyridine rings is 1. The average Bonchev–Trinajstić information content (AvgIpc) is 2.73. The van der Waals surface area contributed by atoms with Crippen LogP contribution in [0, 0.1) is 0 Å². The molecule has 6 nitrogen and oxygen atoms in total. The molecule has 3 rings (SSSR count). The van der Waals surface area contributed by atoms with E-state index in [-0.39, 0.29) is 47.0 Å². The highest BCUT2D eigenvalue weighted by Gasteiger charge is 2.37. The molecule has 0 aliphatic carbocycles. The Labute approximate surface area is 181 Å². The summed E-state index contributed by atoms with van der Waals surface area (Å²) in [7, 11) is 0. The van der Waals surface area contributed by atoms with Crippen LogP contribution in [0.1, 0.15) is 38.8 Å². The number of hydrogen-bond acceptors (Lipinski definition) is 4. The van der Waals surface area contributed by atoms with E-state index in [4.69, 9.17) is 4.74 Å². The zero-order valence-corrected chi connectivity index (χ0v) is 16.6. The maximum absolute atomic E-state index is 13.0. The number of nitrogens with one attached hydrogen (secondary N) is 2. The lowest BCUT2D eigenvalue weighted by Crippen LogP contribution is -2.19. The van der Waals surface area contributed by atoms with Crippen LogP contribution in [-0.2, 0) is 17.1 Å². The van der Waals surface area contributed by atoms with Crippen molar-refractivity contribution in [2.75, 3.05) is 11.9 Å². The van der Waals surface area contributed by atoms with Gasteiger partial charge in [-0.1, -0.05) is 0 Å². The number of alkyl halides is 6. The van der Waals surface area contributed by atoms with Gasteiger partial charge < -0.3 is 15.0 Å². The molecule has 1 heterocycles. The molecule has 0 radical (unpaired) electrons. The highest BCUT2D eigenvalue weighted by molar-refractivity contribution is 6.05. The highest BCUT2D eigenvalue weighted by atomic mass is 19.4. The van der Waals surface area contributed by atoms with E-state index in [1.807, 2.05) is 0 Å². The third-order valence-corrected chi connectivity index (χ3v) is 4.48. The number of aromatic amines is 1. The Kier molecular flexibility index (Phi) is 6.21. The van der Waals surface area contributed by atoms with Crippen molar-refractivity contribution >= 4 is 28.5 Å². The topological polar surface area (TPSA) is 88.3 Å². The number of rotatable bonds is 4. The van der Waals surface area contributed by atoms with Crippen molar-refractivity contribution in [1.29, 1.82) is 0 Å². The molecule has 2 aromatic carbocycles. The number of amides is 1. The van der Waals surface area contributed by atoms with Crippen LogP contribution in [0.2, 0.25) is 0 Å². The predicted octanol–water partition coefficient (Wildman–Crippen LogP) is 4.99. The predicted molar refractivity (Wildman–Crippen MR) is 105 cm³/mol. The number of aromatic nitrogens is 1. The molecule has 0 bridgehead atoms. The first kappa shape index (κ1) is 23.8. The fraction of sp³-hybridized carbons (Fsp3) is 0.190. The second kappa shape index (κ2) is 8.60. The van der Waals surface area contributed by atoms with Crippen LogP contribution in [0.25, 0.3) is 10.9 Å². The minimum atomic E-state index is -5.12. The number of halogens is 6. The Balaban J connectivity index is 2.00. The number of ether oxygens (including phenoxy) is 1. The van der Waals surface area contributed by atoms with Gasteiger partial charge in [-0.05, 0) is 43.3 Å². The minimum absolute atomic E-state index is 0.0172. The molecule has 3 aromatic rings. The molecule has 0 saturated carbocycles. The molecule has 0 unspecified atom stereocenters. The summed E-state index contributed by atoms with van der Waals surface area (Å²) in [6, 6.07) is 4.23. The van der Waals surface area contributed by atoms with Gasteiger partial charge in [0, 0.05) is 28.4 Å². The molecule has 12 heteroatoms. The van der Waals surface area contributed by atoms with Gasteiger partial charge in [-0.3, -0.25) is 9.59 Å². The van der Waals surface area contributed by atoms with Gasteiger partial charge in [0.1, 0.15) is 5.56 Å². The first-order valence-corrected chi connectivity index (χ1v) is 9.24. The lowest BCUT2D eigenvalue weighted by atomic mass is 10.0. The van der Waals surface area contributed by atoms with Crippen LogP contribution in [0.15, 0.2) is 47.4 Å². The largest absolute Gasteiger partial charge is 0.462 e. The Morgan fingerprint density at radius 1 is 0.970 bits per heavy atom. The number of anilines is 1. The van der Waals surface area contributed by atoms with E-state index >= 15 is 0 Å². The number of carbonyl (C=O) groups is 2. The smallest absolute Gasteiger partial charge is 0.416 e. The van der Waals surface area contributed by atoms with Crippen LogP contribution in [0.4, 0.5) is 32.0 Å². The maximum Gasteiger partial charge on any atom is 0.416 e. The van der Waals surface area contributed by atoms with Crippen molar-refractivity contribution in [2.24, 2.45) is 0 Å². The summed E-state index contributed by atoms with van der Waals surface area (Å²) in [6.45, 7) is 1.56. The normalized spacial score (nSPS) is 12.0. The van der Waals surface area contributed by atoms with Crippen LogP contribution < -0.4 is 10.7 Å². The van der Waals surface area contributed by atoms with E-state index in [2.05, 4.69) is 10.3 Å². The van der Waals surface area contributed by atoms with Gasteiger partial charge in [-0.15, -0.1) is 0 Å². The van der Waals surface area contributed by atoms with Crippen molar-refractivity contribution in [3.63, 3.8) is 0 Å². The van der Waals surface area contributed by atoms with Gasteiger partial charge in [-0.25, -0.2) is 4.79 Å². The van der Waals surface area contributed by atoms with Gasteiger partial charge in [0.25, 0.3) is 5.91 Å². The van der Waals surface area contributed by atoms with Crippen molar-refractivity contribution in [1.82, 2.24) is 4.98 Å². The average molecular weight is 472 g/mol. The quantitative estimate of drug-likeness (QED) is 0.414. The van der Waals surface area contributed by atoms with Gasteiger partial charge >= 0.3 is 18.3 Å². The summed E-state index contributed by atoms with van der Waals surface area (Å²) in [4.78, 5) is 39.6. The molecule has 0 atom stereocenters. The molecule has 0 spiro atoms. The van der Waals surface area contributed by atoms with E-state index in [0.29, 0.717) is 0 Å². The molecule has 174 valence electrons. The molecule has 33 heavy (non-hydrogen) atoms. The molecule has 0 aliphatic rings. The molecule has 2 N–H and O–H groups in total. The van der Waals surface area contributed by atoms with Crippen molar-refractivity contribution < 1.29 is 40.7 Å². The van der Waals surface area contributed by atoms with Crippen LogP contribution in [0.5, 0.6) is 0 Å². The molecular weight excluding hydrogens is 458 g/mol. The highest BCUT2D eigenvalue weighted by Crippen LogP contribution is 2.36. The van der Waals surface area contributed by atoms with Crippen molar-refractivity contribution in [3.05, 3.63) is 75.1 Å². The van der Waals surface area contributed by atoms with E-state index < -0.39 is 46.3 Å². The molecule has 1 aromatic heterocycles. The standard InChI is InChI=1S/C21H14F6N2O4/c1-2-33-19(32)15-9-28-16-4-3-13(8-14(16)17(15)30)29-18(31)10-5-11(20(22,23)24)7-12(6-10)21(25,26)27/h3-9H,2H2,1H3,(H,28,30)(H,29,31). The fourth-order valence-electron chi connectivity index (χ4n) is 2.95. The maximum atomic E-state index is 13.0. The monoisotopic (exact) mass is 472 g/mol. The second-order valence-corrected chi connectivity index (χ2v) is 6.76. The first-order chi connectivity index (χ1) is 15.3. The lowest BCUT2D eigenvalue weighted by Gasteiger charge is -2.14. The Morgan fingerprint density at radius 3 is 2.12 bits per heavy atom. The van der Waals surface area contributed by atoms with Gasteiger partial charge in [0.15, 0.2) is 0 Å². The van der Waals surface area contributed by atoms with E-state index in [1.165, 1.54) is 12.1 Å². The fourth-order valence-corrected chi connectivity index (χ4v) is 2.95. The number of H-pyrrole nitrogens is 1. The lowest BCUT2D eigenvalue weighted by molar-refractivity contribution is -0.143. The van der Waals surface area contributed by atoms with Crippen LogP contribution >= 0.6 is 0 Å². The SMILES string of the molecule is CCOC(=O)c1c[nH]c2ccc(NC(=O)c3cc(C(F)(F)F)cc(C(F)(F)F)c3)cc2c1=O. The Hall–Kier alpha value is -3.83. The number of hydrogen-bond donors (Lipinski definition) is 2. The van der Waals surface area contributed by atoms with Crippen LogP contribution in [-0.4, -0.2) is 23.5 Å². The van der Waals surface area contributed by atoms with Crippen molar-refractivity contribution in [3.8, 4) is 0 Å². The van der Waals surface area contributed by atoms with Crippen LogP contribution in [0.3, 0.4) is 0 Å². The molecular formula is C21H14F6N2O4. The third kappa shape index (κ3) is 5.16. The number of carbonyl (C=O) groups excluding carboxylic acids is 2. The Bertz CT molecular complexity index is 1260. The molecule has 0 saturated heterocycles. The second-order valence-electron chi connectivity index (χ2n) is 6.76. The summed E-state index contributed by atoms with van der Waals surface area (Å²) >= 11 is 0. The summed E-state index contributed by atoms with van der Waals surface area (Å²) in [5, 5.41) is 2.11. The van der Waals surface area contributed by atoms with E-state index in [1.54, 1.807) is 6.92 Å². The van der Waals surface area contributed by atoms with Gasteiger partial charge in [0.05, 0.1) is 17.7 Å². The van der Waals surface area contributed by atoms with Gasteiger partial charge in [0.2, 0.25) is 5.43 Å². The minimum Gasteiger partial charge on any atom is -0.462 e. The molecule has 0 aliphatic heterocycles. The zero-order valence-electron chi connectivity index (χ0n) is 16.6. The number of esters is 1. The number of fused-ring (bicyclic) bond motifs is 1. The Morgan fingerprint density at radius 2 is 1.58 bits per heavy atom.